The molecular weight excluding hydrogens is 243 g/mol. The number of benzene rings is 1. The fourth-order valence-corrected chi connectivity index (χ4v) is 2.86. The molecule has 2 rings (SSSR count). The molecule has 4 heteroatoms. The second-order valence-electron chi connectivity index (χ2n) is 5.35. The molecule has 0 aromatic heterocycles. The first-order chi connectivity index (χ1) is 9.13. The molecule has 0 amide bonds. The highest BCUT2D eigenvalue weighted by Gasteiger charge is 2.24. The van der Waals surface area contributed by atoms with Gasteiger partial charge in [-0.2, -0.15) is 0 Å². The van der Waals surface area contributed by atoms with E-state index < -0.39 is 0 Å². The van der Waals surface area contributed by atoms with Gasteiger partial charge in [-0.05, 0) is 37.5 Å². The molecule has 0 aliphatic heterocycles. The summed E-state index contributed by atoms with van der Waals surface area (Å²) in [5.41, 5.74) is 7.16. The maximum Gasteiger partial charge on any atom is 0.146 e. The minimum absolute atomic E-state index is 0.0466. The summed E-state index contributed by atoms with van der Waals surface area (Å²) in [4.78, 5) is 2.01. The number of nitrogens with zero attached hydrogens (tertiary/aromatic N) is 1. The Morgan fingerprint density at radius 1 is 1.42 bits per heavy atom. The van der Waals surface area contributed by atoms with Gasteiger partial charge in [-0.3, -0.25) is 0 Å². The Labute approximate surface area is 114 Å². The van der Waals surface area contributed by atoms with E-state index in [1.54, 1.807) is 6.07 Å². The molecule has 1 aromatic carbocycles. The smallest absolute Gasteiger partial charge is 0.146 e. The highest BCUT2D eigenvalue weighted by Crippen LogP contribution is 2.30. The lowest BCUT2D eigenvalue weighted by Gasteiger charge is -2.31. The Morgan fingerprint density at radius 2 is 2.11 bits per heavy atom. The van der Waals surface area contributed by atoms with E-state index in [-0.39, 0.29) is 18.5 Å². The van der Waals surface area contributed by atoms with Crippen LogP contribution >= 0.6 is 0 Å². The summed E-state index contributed by atoms with van der Waals surface area (Å²) in [5, 5.41) is 9.21. The number of nitrogens with two attached hydrogens (primary N) is 1. The first-order valence-corrected chi connectivity index (χ1v) is 7.06. The number of halogens is 1. The monoisotopic (exact) mass is 266 g/mol. The molecule has 19 heavy (non-hydrogen) atoms. The topological polar surface area (TPSA) is 49.5 Å². The minimum Gasteiger partial charge on any atom is -0.395 e. The second-order valence-corrected chi connectivity index (χ2v) is 5.35. The lowest BCUT2D eigenvalue weighted by molar-refractivity contribution is 0.296. The molecule has 0 unspecified atom stereocenters. The van der Waals surface area contributed by atoms with Crippen LogP contribution in [0.5, 0.6) is 0 Å². The third-order valence-corrected chi connectivity index (χ3v) is 3.91. The summed E-state index contributed by atoms with van der Waals surface area (Å²) in [6, 6.07) is 5.37. The Balaban J connectivity index is 2.25. The van der Waals surface area contributed by atoms with Gasteiger partial charge in [0.2, 0.25) is 0 Å². The predicted octanol–water partition coefficient (Wildman–Crippen LogP) is 2.59. The van der Waals surface area contributed by atoms with E-state index in [9.17, 15) is 9.50 Å². The van der Waals surface area contributed by atoms with Crippen molar-refractivity contribution in [2.45, 2.75) is 44.7 Å². The van der Waals surface area contributed by atoms with Crippen LogP contribution in [0.4, 0.5) is 10.1 Å². The Bertz CT molecular complexity index is 417. The molecule has 1 saturated carbocycles. The van der Waals surface area contributed by atoms with Crippen molar-refractivity contribution in [3.63, 3.8) is 0 Å². The maximum atomic E-state index is 14.3. The number of aliphatic hydroxyl groups excluding tert-OH is 1. The van der Waals surface area contributed by atoms with Gasteiger partial charge in [0.05, 0.1) is 12.3 Å². The van der Waals surface area contributed by atoms with E-state index in [2.05, 4.69) is 0 Å². The first-order valence-electron chi connectivity index (χ1n) is 7.06. The third-order valence-electron chi connectivity index (χ3n) is 3.91. The average Bonchev–Trinajstić information content (AvgIpc) is 2.90. The van der Waals surface area contributed by atoms with Gasteiger partial charge in [0, 0.05) is 18.6 Å². The van der Waals surface area contributed by atoms with Crippen molar-refractivity contribution in [1.82, 2.24) is 0 Å². The highest BCUT2D eigenvalue weighted by molar-refractivity contribution is 5.50. The van der Waals surface area contributed by atoms with Gasteiger partial charge in [0.25, 0.3) is 0 Å². The highest BCUT2D eigenvalue weighted by atomic mass is 19.1. The molecule has 1 aliphatic carbocycles. The van der Waals surface area contributed by atoms with Gasteiger partial charge in [-0.25, -0.2) is 4.39 Å². The number of hydrogen-bond donors (Lipinski definition) is 2. The lowest BCUT2D eigenvalue weighted by Crippen LogP contribution is -2.36. The second kappa shape index (κ2) is 6.35. The van der Waals surface area contributed by atoms with Crippen LogP contribution in [0.15, 0.2) is 18.2 Å². The molecular formula is C15H23FN2O. The summed E-state index contributed by atoms with van der Waals surface area (Å²) in [5.74, 6) is -0.241. The summed E-state index contributed by atoms with van der Waals surface area (Å²) in [6.45, 7) is 2.38. The number of anilines is 1. The van der Waals surface area contributed by atoms with Crippen molar-refractivity contribution >= 4 is 5.69 Å². The molecule has 0 saturated heterocycles. The molecule has 3 nitrogen and oxygen atoms in total. The lowest BCUT2D eigenvalue weighted by atomic mass is 10.1. The zero-order valence-corrected chi connectivity index (χ0v) is 11.5. The molecule has 3 N–H and O–H groups in total. The van der Waals surface area contributed by atoms with Crippen molar-refractivity contribution in [2.75, 3.05) is 18.1 Å². The van der Waals surface area contributed by atoms with E-state index in [4.69, 9.17) is 5.73 Å². The normalized spacial score (nSPS) is 17.7. The fraction of sp³-hybridized carbons (Fsp3) is 0.600. The summed E-state index contributed by atoms with van der Waals surface area (Å²) in [6.07, 6.45) is 4.53. The standard InChI is InChI=1S/C15H23FN2O/c1-11(17)12-6-7-15(14(16)10-12)18(8-9-19)13-4-2-3-5-13/h6-7,10-11,13,19H,2-5,8-9,17H2,1H3/t11-/m1/s1. The van der Waals surface area contributed by atoms with Crippen LogP contribution in [-0.2, 0) is 0 Å². The van der Waals surface area contributed by atoms with Crippen LogP contribution in [0.1, 0.15) is 44.2 Å². The van der Waals surface area contributed by atoms with Gasteiger partial charge < -0.3 is 15.7 Å². The Hall–Kier alpha value is -1.13. The average molecular weight is 266 g/mol. The molecule has 0 heterocycles. The third kappa shape index (κ3) is 3.25. The quantitative estimate of drug-likeness (QED) is 0.861. The fourth-order valence-electron chi connectivity index (χ4n) is 2.86. The van der Waals surface area contributed by atoms with Crippen LogP contribution in [0.2, 0.25) is 0 Å². The van der Waals surface area contributed by atoms with Crippen molar-refractivity contribution in [2.24, 2.45) is 5.73 Å². The van der Waals surface area contributed by atoms with Crippen LogP contribution in [0.25, 0.3) is 0 Å². The van der Waals surface area contributed by atoms with E-state index in [0.29, 0.717) is 18.3 Å². The number of aliphatic hydroxyl groups is 1. The zero-order chi connectivity index (χ0) is 13.8. The summed E-state index contributed by atoms with van der Waals surface area (Å²) >= 11 is 0. The predicted molar refractivity (Wildman–Crippen MR) is 75.7 cm³/mol. The van der Waals surface area contributed by atoms with Gasteiger partial charge in [0.15, 0.2) is 0 Å². The number of hydrogen-bond acceptors (Lipinski definition) is 3. The molecule has 1 aliphatic rings. The van der Waals surface area contributed by atoms with E-state index in [0.717, 1.165) is 18.4 Å². The van der Waals surface area contributed by atoms with E-state index in [1.165, 1.54) is 18.9 Å². The maximum absolute atomic E-state index is 14.3. The zero-order valence-electron chi connectivity index (χ0n) is 11.5. The number of rotatable bonds is 5. The van der Waals surface area contributed by atoms with Crippen molar-refractivity contribution in [3.05, 3.63) is 29.6 Å². The van der Waals surface area contributed by atoms with Crippen LogP contribution < -0.4 is 10.6 Å². The van der Waals surface area contributed by atoms with Crippen molar-refractivity contribution in [1.29, 1.82) is 0 Å². The van der Waals surface area contributed by atoms with Crippen molar-refractivity contribution in [3.8, 4) is 0 Å². The van der Waals surface area contributed by atoms with Crippen LogP contribution in [0.3, 0.4) is 0 Å². The molecule has 1 aromatic rings. The minimum atomic E-state index is -0.241. The Kier molecular flexibility index (Phi) is 4.77. The summed E-state index contributed by atoms with van der Waals surface area (Å²) in [7, 11) is 0. The SMILES string of the molecule is C[C@@H](N)c1ccc(N(CCO)C2CCCC2)c(F)c1. The van der Waals surface area contributed by atoms with E-state index >= 15 is 0 Å². The largest absolute Gasteiger partial charge is 0.395 e. The molecule has 0 bridgehead atoms. The van der Waals surface area contributed by atoms with Gasteiger partial charge in [-0.1, -0.05) is 18.9 Å². The molecule has 0 spiro atoms. The van der Waals surface area contributed by atoms with Crippen LogP contribution in [-0.4, -0.2) is 24.3 Å². The van der Waals surface area contributed by atoms with Crippen molar-refractivity contribution < 1.29 is 9.50 Å². The summed E-state index contributed by atoms with van der Waals surface area (Å²) < 4.78 is 14.3. The van der Waals surface area contributed by atoms with Crippen LogP contribution in [0, 0.1) is 5.82 Å². The van der Waals surface area contributed by atoms with Gasteiger partial charge in [0.1, 0.15) is 5.82 Å². The Morgan fingerprint density at radius 3 is 2.63 bits per heavy atom. The molecule has 106 valence electrons. The molecule has 0 radical (unpaired) electrons. The molecule has 1 fully saturated rings. The van der Waals surface area contributed by atoms with Gasteiger partial charge >= 0.3 is 0 Å². The first kappa shape index (κ1) is 14.3. The van der Waals surface area contributed by atoms with E-state index in [1.807, 2.05) is 17.9 Å². The molecule has 1 atom stereocenters. The van der Waals surface area contributed by atoms with Gasteiger partial charge in [-0.15, -0.1) is 0 Å².